The number of nitrogens with one attached hydrogen (secondary N) is 1. The van der Waals surface area contributed by atoms with Crippen molar-refractivity contribution in [2.24, 2.45) is 0 Å². The molecule has 2 nitrogen and oxygen atoms in total. The van der Waals surface area contributed by atoms with Crippen LogP contribution < -0.4 is 5.32 Å². The Morgan fingerprint density at radius 2 is 1.76 bits per heavy atom. The zero-order chi connectivity index (χ0) is 12.3. The maximum Gasteiger partial charge on any atom is 0.0447 e. The second-order valence-corrected chi connectivity index (χ2v) is 5.42. The van der Waals surface area contributed by atoms with Gasteiger partial charge in [0.05, 0.1) is 0 Å². The summed E-state index contributed by atoms with van der Waals surface area (Å²) in [6.45, 7) is 3.42. The summed E-state index contributed by atoms with van der Waals surface area (Å²) in [6.07, 6.45) is 2.62. The van der Waals surface area contributed by atoms with Gasteiger partial charge in [-0.2, -0.15) is 0 Å². The van der Waals surface area contributed by atoms with Crippen LogP contribution in [0.25, 0.3) is 0 Å². The number of hydrogen-bond acceptors (Lipinski definition) is 2. The first-order chi connectivity index (χ1) is 8.19. The molecular formula is C13H18Cl2N2. The molecule has 0 radical (unpaired) electrons. The standard InChI is InChI=1S/C13H18Cl2N2/c1-16-13(9-17-4-2-3-5-17)10-6-11(14)8-12(15)7-10/h6-8,13,16H,2-5,9H2,1H3/t13-/m1/s1. The first-order valence-electron chi connectivity index (χ1n) is 6.04. The van der Waals surface area contributed by atoms with Gasteiger partial charge in [0.25, 0.3) is 0 Å². The molecule has 0 spiro atoms. The van der Waals surface area contributed by atoms with Crippen molar-refractivity contribution in [3.63, 3.8) is 0 Å². The number of benzene rings is 1. The van der Waals surface area contributed by atoms with Gasteiger partial charge in [-0.1, -0.05) is 23.2 Å². The van der Waals surface area contributed by atoms with Gasteiger partial charge in [-0.05, 0) is 56.7 Å². The van der Waals surface area contributed by atoms with Crippen molar-refractivity contribution in [3.05, 3.63) is 33.8 Å². The average Bonchev–Trinajstić information content (AvgIpc) is 2.77. The maximum absolute atomic E-state index is 6.04. The lowest BCUT2D eigenvalue weighted by Gasteiger charge is -2.23. The lowest BCUT2D eigenvalue weighted by molar-refractivity contribution is 0.299. The van der Waals surface area contributed by atoms with E-state index >= 15 is 0 Å². The topological polar surface area (TPSA) is 15.3 Å². The minimum atomic E-state index is 0.296. The molecule has 0 aromatic heterocycles. The Morgan fingerprint density at radius 1 is 1.18 bits per heavy atom. The van der Waals surface area contributed by atoms with Gasteiger partial charge in [-0.15, -0.1) is 0 Å². The van der Waals surface area contributed by atoms with Crippen molar-refractivity contribution in [1.29, 1.82) is 0 Å². The van der Waals surface area contributed by atoms with Crippen LogP contribution in [0.5, 0.6) is 0 Å². The Bertz CT molecular complexity index is 355. The molecular weight excluding hydrogens is 255 g/mol. The molecule has 0 bridgehead atoms. The molecule has 2 rings (SSSR count). The smallest absolute Gasteiger partial charge is 0.0447 e. The van der Waals surface area contributed by atoms with E-state index in [1.807, 2.05) is 19.2 Å². The quantitative estimate of drug-likeness (QED) is 0.905. The van der Waals surface area contributed by atoms with E-state index in [1.54, 1.807) is 6.07 Å². The van der Waals surface area contributed by atoms with Crippen molar-refractivity contribution in [2.45, 2.75) is 18.9 Å². The zero-order valence-electron chi connectivity index (χ0n) is 10.0. The summed E-state index contributed by atoms with van der Waals surface area (Å²) in [5.74, 6) is 0. The minimum Gasteiger partial charge on any atom is -0.312 e. The molecule has 0 amide bonds. The second kappa shape index (κ2) is 6.05. The number of nitrogens with zero attached hydrogens (tertiary/aromatic N) is 1. The lowest BCUT2D eigenvalue weighted by atomic mass is 10.1. The minimum absolute atomic E-state index is 0.296. The highest BCUT2D eigenvalue weighted by Crippen LogP contribution is 2.24. The Balaban J connectivity index is 2.10. The molecule has 1 aliphatic heterocycles. The first kappa shape index (κ1) is 13.2. The van der Waals surface area contributed by atoms with E-state index in [-0.39, 0.29) is 0 Å². The van der Waals surface area contributed by atoms with Crippen LogP contribution in [0.3, 0.4) is 0 Å². The van der Waals surface area contributed by atoms with Gasteiger partial charge in [0, 0.05) is 22.6 Å². The molecule has 94 valence electrons. The summed E-state index contributed by atoms with van der Waals surface area (Å²) < 4.78 is 0. The van der Waals surface area contributed by atoms with E-state index in [1.165, 1.54) is 25.9 Å². The molecule has 17 heavy (non-hydrogen) atoms. The fourth-order valence-electron chi connectivity index (χ4n) is 2.36. The van der Waals surface area contributed by atoms with Crippen LogP contribution in [0.1, 0.15) is 24.4 Å². The summed E-state index contributed by atoms with van der Waals surface area (Å²) >= 11 is 12.1. The molecule has 4 heteroatoms. The van der Waals surface area contributed by atoms with E-state index in [0.717, 1.165) is 12.1 Å². The van der Waals surface area contributed by atoms with E-state index in [2.05, 4.69) is 10.2 Å². The largest absolute Gasteiger partial charge is 0.312 e. The third kappa shape index (κ3) is 3.59. The predicted octanol–water partition coefficient (Wildman–Crippen LogP) is 3.35. The van der Waals surface area contributed by atoms with E-state index in [4.69, 9.17) is 23.2 Å². The predicted molar refractivity (Wildman–Crippen MR) is 73.9 cm³/mol. The molecule has 1 saturated heterocycles. The summed E-state index contributed by atoms with van der Waals surface area (Å²) in [5, 5.41) is 4.75. The Morgan fingerprint density at radius 3 is 2.29 bits per heavy atom. The molecule has 1 N–H and O–H groups in total. The number of halogens is 2. The molecule has 0 unspecified atom stereocenters. The van der Waals surface area contributed by atoms with Crippen molar-refractivity contribution in [2.75, 3.05) is 26.7 Å². The Hall–Kier alpha value is -0.280. The fourth-order valence-corrected chi connectivity index (χ4v) is 2.91. The SMILES string of the molecule is CN[C@H](CN1CCCC1)c1cc(Cl)cc(Cl)c1. The van der Waals surface area contributed by atoms with Crippen molar-refractivity contribution in [3.8, 4) is 0 Å². The Labute approximate surface area is 113 Å². The van der Waals surface area contributed by atoms with E-state index < -0.39 is 0 Å². The lowest BCUT2D eigenvalue weighted by Crippen LogP contribution is -2.31. The van der Waals surface area contributed by atoms with Gasteiger partial charge in [0.1, 0.15) is 0 Å². The molecule has 0 saturated carbocycles. The van der Waals surface area contributed by atoms with E-state index in [9.17, 15) is 0 Å². The number of likely N-dealkylation sites (N-methyl/N-ethyl adjacent to an activating group) is 1. The highest BCUT2D eigenvalue weighted by atomic mass is 35.5. The molecule has 1 aromatic rings. The summed E-state index contributed by atoms with van der Waals surface area (Å²) in [5.41, 5.74) is 1.16. The molecule has 1 heterocycles. The molecule has 1 atom stereocenters. The number of hydrogen-bond donors (Lipinski definition) is 1. The molecule has 1 aliphatic rings. The molecule has 1 aromatic carbocycles. The number of likely N-dealkylation sites (tertiary alicyclic amines) is 1. The summed E-state index contributed by atoms with van der Waals surface area (Å²) in [4.78, 5) is 2.48. The van der Waals surface area contributed by atoms with Gasteiger partial charge in [-0.25, -0.2) is 0 Å². The first-order valence-corrected chi connectivity index (χ1v) is 6.80. The zero-order valence-corrected chi connectivity index (χ0v) is 11.6. The summed E-state index contributed by atoms with van der Waals surface area (Å²) in [6, 6.07) is 6.05. The van der Waals surface area contributed by atoms with Gasteiger partial charge in [0.2, 0.25) is 0 Å². The fraction of sp³-hybridized carbons (Fsp3) is 0.538. The monoisotopic (exact) mass is 272 g/mol. The van der Waals surface area contributed by atoms with Crippen LogP contribution in [0.15, 0.2) is 18.2 Å². The van der Waals surface area contributed by atoms with Crippen molar-refractivity contribution in [1.82, 2.24) is 10.2 Å². The van der Waals surface area contributed by atoms with Crippen LogP contribution in [0, 0.1) is 0 Å². The van der Waals surface area contributed by atoms with Gasteiger partial charge >= 0.3 is 0 Å². The van der Waals surface area contributed by atoms with Gasteiger partial charge in [0.15, 0.2) is 0 Å². The van der Waals surface area contributed by atoms with Crippen molar-refractivity contribution < 1.29 is 0 Å². The molecule has 0 aliphatic carbocycles. The van der Waals surface area contributed by atoms with Crippen LogP contribution in [-0.4, -0.2) is 31.6 Å². The summed E-state index contributed by atoms with van der Waals surface area (Å²) in [7, 11) is 1.98. The normalized spacial score (nSPS) is 18.5. The maximum atomic E-state index is 6.04. The van der Waals surface area contributed by atoms with E-state index in [0.29, 0.717) is 16.1 Å². The highest BCUT2D eigenvalue weighted by molar-refractivity contribution is 6.34. The molecule has 1 fully saturated rings. The number of rotatable bonds is 4. The van der Waals surface area contributed by atoms with Crippen LogP contribution >= 0.6 is 23.2 Å². The third-order valence-corrected chi connectivity index (χ3v) is 3.71. The van der Waals surface area contributed by atoms with Crippen molar-refractivity contribution >= 4 is 23.2 Å². The Kier molecular flexibility index (Phi) is 4.69. The second-order valence-electron chi connectivity index (χ2n) is 4.55. The average molecular weight is 273 g/mol. The van der Waals surface area contributed by atoms with Crippen LogP contribution in [0.2, 0.25) is 10.0 Å². The van der Waals surface area contributed by atoms with Gasteiger partial charge in [-0.3, -0.25) is 0 Å². The van der Waals surface area contributed by atoms with Gasteiger partial charge < -0.3 is 10.2 Å². The van der Waals surface area contributed by atoms with Crippen LogP contribution in [-0.2, 0) is 0 Å². The third-order valence-electron chi connectivity index (χ3n) is 3.28. The van der Waals surface area contributed by atoms with Crippen LogP contribution in [0.4, 0.5) is 0 Å². The highest BCUT2D eigenvalue weighted by Gasteiger charge is 2.18.